The van der Waals surface area contributed by atoms with E-state index in [4.69, 9.17) is 4.42 Å². The molecule has 0 saturated carbocycles. The molecule has 0 N–H and O–H groups in total. The van der Waals surface area contributed by atoms with Crippen LogP contribution < -0.4 is 0 Å². The van der Waals surface area contributed by atoms with Crippen molar-refractivity contribution >= 4 is 53.8 Å². The Morgan fingerprint density at radius 2 is 1.18 bits per heavy atom. The van der Waals surface area contributed by atoms with E-state index in [9.17, 15) is 0 Å². The second kappa shape index (κ2) is 3.85. The summed E-state index contributed by atoms with van der Waals surface area (Å²) in [5.74, 6) is 0. The molecule has 0 saturated heterocycles. The minimum absolute atomic E-state index is 0.817. The Kier molecular flexibility index (Phi) is 2.56. The Labute approximate surface area is 116 Å². The van der Waals surface area contributed by atoms with Crippen molar-refractivity contribution in [1.82, 2.24) is 0 Å². The molecule has 2 radical (unpaired) electrons. The quantitative estimate of drug-likeness (QED) is 0.523. The molecule has 0 spiro atoms. The predicted molar refractivity (Wildman–Crippen MR) is 78.0 cm³/mol. The van der Waals surface area contributed by atoms with E-state index >= 15 is 0 Å². The van der Waals surface area contributed by atoms with Gasteiger partial charge in [-0.3, -0.25) is 0 Å². The molecule has 0 amide bonds. The molecule has 0 aliphatic rings. The van der Waals surface area contributed by atoms with E-state index in [1.165, 1.54) is 0 Å². The summed E-state index contributed by atoms with van der Waals surface area (Å²) in [7, 11) is 0. The maximum absolute atomic E-state index is 5.89. The van der Waals surface area contributed by atoms with Gasteiger partial charge in [-0.15, -0.1) is 0 Å². The molecule has 1 heterocycles. The second-order valence-electron chi connectivity index (χ2n) is 3.91. The largest absolute Gasteiger partial charge is 0.455 e. The molecule has 1 nitrogen and oxygen atoms in total. The molecule has 3 aromatic rings. The van der Waals surface area contributed by atoms with Crippen LogP contribution in [0, 0.1) is 13.8 Å². The molecule has 17 heavy (non-hydrogen) atoms. The first-order valence-electron chi connectivity index (χ1n) is 5.06. The fourth-order valence-corrected chi connectivity index (χ4v) is 2.59. The van der Waals surface area contributed by atoms with Crippen molar-refractivity contribution in [3.63, 3.8) is 0 Å². The summed E-state index contributed by atoms with van der Waals surface area (Å²) in [5, 5.41) is 2.15. The first kappa shape index (κ1) is 11.3. The van der Waals surface area contributed by atoms with Crippen molar-refractivity contribution in [2.75, 3.05) is 0 Å². The Balaban J connectivity index is 2.58. The van der Waals surface area contributed by atoms with E-state index in [1.54, 1.807) is 0 Å². The highest BCUT2D eigenvalue weighted by molar-refractivity contribution is 9.10. The summed E-state index contributed by atoms with van der Waals surface area (Å²) in [6.45, 7) is 8.05. The summed E-state index contributed by atoms with van der Waals surface area (Å²) in [5.41, 5.74) is 3.37. The number of benzene rings is 2. The fraction of sp³-hybridized carbons (Fsp3) is 0. The minimum Gasteiger partial charge on any atom is -0.455 e. The summed E-state index contributed by atoms with van der Waals surface area (Å²) in [6, 6.07) is 8.05. The van der Waals surface area contributed by atoms with E-state index in [-0.39, 0.29) is 0 Å². The zero-order valence-electron chi connectivity index (χ0n) is 8.89. The third-order valence-electron chi connectivity index (χ3n) is 2.90. The molecule has 0 unspecified atom stereocenters. The molecule has 2 aromatic carbocycles. The summed E-state index contributed by atoms with van der Waals surface area (Å²) < 4.78 is 7.80. The van der Waals surface area contributed by atoms with Crippen LogP contribution in [0.25, 0.3) is 21.9 Å². The lowest BCUT2D eigenvalue weighted by molar-refractivity contribution is 0.665. The number of hydrogen-bond acceptors (Lipinski definition) is 1. The Bertz CT molecular complexity index is 679. The van der Waals surface area contributed by atoms with Crippen LogP contribution in [0.3, 0.4) is 0 Å². The van der Waals surface area contributed by atoms with Gasteiger partial charge in [-0.05, 0) is 38.1 Å². The molecule has 1 aromatic heterocycles. The Morgan fingerprint density at radius 1 is 0.765 bits per heavy atom. The first-order valence-corrected chi connectivity index (χ1v) is 6.65. The zero-order chi connectivity index (χ0) is 12.2. The van der Waals surface area contributed by atoms with Gasteiger partial charge in [0.1, 0.15) is 11.2 Å². The third-order valence-corrected chi connectivity index (χ3v) is 4.39. The maximum Gasteiger partial charge on any atom is 0.139 e. The van der Waals surface area contributed by atoms with Gasteiger partial charge in [0.2, 0.25) is 0 Å². The lowest BCUT2D eigenvalue weighted by atomic mass is 10.1. The van der Waals surface area contributed by atoms with Crippen LogP contribution in [0.15, 0.2) is 37.6 Å². The molecular formula is C14H8Br2O. The molecule has 0 aliphatic carbocycles. The number of fused-ring (bicyclic) bond motifs is 3. The van der Waals surface area contributed by atoms with Crippen LogP contribution >= 0.6 is 31.9 Å². The SMILES string of the molecule is [CH2]c1c(Br)ccc2c1oc1c([CH2])c(Br)ccc12. The Hall–Kier alpha value is -0.800. The van der Waals surface area contributed by atoms with Crippen LogP contribution in [0.2, 0.25) is 0 Å². The molecule has 3 heteroatoms. The molecule has 84 valence electrons. The van der Waals surface area contributed by atoms with E-state index in [2.05, 4.69) is 45.7 Å². The van der Waals surface area contributed by atoms with Gasteiger partial charge in [0.15, 0.2) is 0 Å². The normalized spacial score (nSPS) is 11.5. The van der Waals surface area contributed by atoms with E-state index in [1.807, 2.05) is 24.3 Å². The zero-order valence-corrected chi connectivity index (χ0v) is 12.1. The molecule has 0 bridgehead atoms. The smallest absolute Gasteiger partial charge is 0.139 e. The highest BCUT2D eigenvalue weighted by Gasteiger charge is 2.13. The molecule has 0 fully saturated rings. The first-order chi connectivity index (χ1) is 8.09. The van der Waals surface area contributed by atoms with Crippen LogP contribution in [-0.4, -0.2) is 0 Å². The molecular weight excluding hydrogens is 344 g/mol. The van der Waals surface area contributed by atoms with Crippen LogP contribution in [0.1, 0.15) is 11.1 Å². The highest BCUT2D eigenvalue weighted by Crippen LogP contribution is 2.37. The van der Waals surface area contributed by atoms with Crippen LogP contribution in [0.4, 0.5) is 0 Å². The lowest BCUT2D eigenvalue weighted by Crippen LogP contribution is -1.76. The highest BCUT2D eigenvalue weighted by atomic mass is 79.9. The van der Waals surface area contributed by atoms with Gasteiger partial charge in [0.25, 0.3) is 0 Å². The fourth-order valence-electron chi connectivity index (χ4n) is 1.97. The van der Waals surface area contributed by atoms with Crippen LogP contribution in [-0.2, 0) is 0 Å². The van der Waals surface area contributed by atoms with Crippen LogP contribution in [0.5, 0.6) is 0 Å². The monoisotopic (exact) mass is 350 g/mol. The summed E-state index contributed by atoms with van der Waals surface area (Å²) >= 11 is 6.92. The van der Waals surface area contributed by atoms with Gasteiger partial charge in [0, 0.05) is 30.8 Å². The van der Waals surface area contributed by atoms with Crippen molar-refractivity contribution < 1.29 is 4.42 Å². The van der Waals surface area contributed by atoms with Crippen molar-refractivity contribution in [3.8, 4) is 0 Å². The van der Waals surface area contributed by atoms with Gasteiger partial charge >= 0.3 is 0 Å². The molecule has 3 rings (SSSR count). The Morgan fingerprint density at radius 3 is 1.59 bits per heavy atom. The van der Waals surface area contributed by atoms with Gasteiger partial charge in [0.05, 0.1) is 0 Å². The standard InChI is InChI=1S/C14H8Br2O/c1-7-11(15)5-3-9-10-4-6-12(16)8(2)14(10)17-13(7)9/h3-6H,1-2H2. The number of rotatable bonds is 0. The number of hydrogen-bond donors (Lipinski definition) is 0. The topological polar surface area (TPSA) is 13.1 Å². The van der Waals surface area contributed by atoms with Crippen molar-refractivity contribution in [3.05, 3.63) is 58.2 Å². The van der Waals surface area contributed by atoms with Gasteiger partial charge in [-0.1, -0.05) is 31.9 Å². The maximum atomic E-state index is 5.89. The van der Waals surface area contributed by atoms with Crippen molar-refractivity contribution in [1.29, 1.82) is 0 Å². The molecule has 0 atom stereocenters. The minimum atomic E-state index is 0.817. The van der Waals surface area contributed by atoms with E-state index in [0.29, 0.717) is 0 Å². The second-order valence-corrected chi connectivity index (χ2v) is 5.62. The predicted octanol–water partition coefficient (Wildman–Crippen LogP) is 5.48. The molecule has 0 aliphatic heterocycles. The summed E-state index contributed by atoms with van der Waals surface area (Å²) in [6.07, 6.45) is 0. The van der Waals surface area contributed by atoms with Crippen molar-refractivity contribution in [2.24, 2.45) is 0 Å². The van der Waals surface area contributed by atoms with Gasteiger partial charge < -0.3 is 4.42 Å². The van der Waals surface area contributed by atoms with Gasteiger partial charge in [-0.2, -0.15) is 0 Å². The average Bonchev–Trinajstić information content (AvgIpc) is 2.69. The number of furan rings is 1. The van der Waals surface area contributed by atoms with E-state index in [0.717, 1.165) is 42.0 Å². The average molecular weight is 352 g/mol. The third kappa shape index (κ3) is 1.56. The van der Waals surface area contributed by atoms with Gasteiger partial charge in [-0.25, -0.2) is 0 Å². The van der Waals surface area contributed by atoms with E-state index < -0.39 is 0 Å². The number of halogens is 2. The summed E-state index contributed by atoms with van der Waals surface area (Å²) in [4.78, 5) is 0. The van der Waals surface area contributed by atoms with Crippen molar-refractivity contribution in [2.45, 2.75) is 0 Å². The lowest BCUT2D eigenvalue weighted by Gasteiger charge is -1.97.